The van der Waals surface area contributed by atoms with Gasteiger partial charge in [0, 0.05) is 5.56 Å². The Bertz CT molecular complexity index is 176. The van der Waals surface area contributed by atoms with Gasteiger partial charge in [-0.3, -0.25) is 0 Å². The van der Waals surface area contributed by atoms with E-state index in [0.717, 1.165) is 5.56 Å². The van der Waals surface area contributed by atoms with Crippen molar-refractivity contribution in [2.24, 2.45) is 0 Å². The third-order valence-corrected chi connectivity index (χ3v) is 2.51. The molecule has 1 nitrogen and oxygen atoms in total. The second-order valence-electron chi connectivity index (χ2n) is 1.37. The first kappa shape index (κ1) is 6.33. The largest absolute Gasteiger partial charge is 0.179 e. The normalized spacial score (nSPS) is 9.88. The van der Waals surface area contributed by atoms with E-state index in [0.29, 0.717) is 9.49 Å². The average molecular weight is 168 g/mol. The van der Waals surface area contributed by atoms with E-state index in [2.05, 4.69) is 4.37 Å². The van der Waals surface area contributed by atoms with Crippen LogP contribution in [-0.2, 0) is 0 Å². The zero-order valence-electron chi connectivity index (χ0n) is 4.11. The van der Waals surface area contributed by atoms with Gasteiger partial charge in [-0.05, 0) is 18.5 Å². The van der Waals surface area contributed by atoms with Crippen LogP contribution >= 0.6 is 34.7 Å². The van der Waals surface area contributed by atoms with Gasteiger partial charge < -0.3 is 0 Å². The van der Waals surface area contributed by atoms with E-state index >= 15 is 0 Å². The average Bonchev–Trinajstić information content (AvgIpc) is 1.98. The van der Waals surface area contributed by atoms with Gasteiger partial charge in [0.2, 0.25) is 0 Å². The van der Waals surface area contributed by atoms with Crippen LogP contribution in [0.15, 0.2) is 0 Å². The van der Waals surface area contributed by atoms with Gasteiger partial charge in [0.05, 0.1) is 0 Å². The Labute approximate surface area is 61.4 Å². The molecule has 1 rings (SSSR count). The minimum absolute atomic E-state index is 0.514. The Morgan fingerprint density at radius 2 is 2.12 bits per heavy atom. The molecular weight excluding hydrogens is 165 g/mol. The highest BCUT2D eigenvalue weighted by molar-refractivity contribution is 7.11. The zero-order chi connectivity index (χ0) is 6.15. The molecule has 0 aliphatic carbocycles. The van der Waals surface area contributed by atoms with E-state index in [9.17, 15) is 0 Å². The highest BCUT2D eigenvalue weighted by Crippen LogP contribution is 2.26. The highest BCUT2D eigenvalue weighted by atomic mass is 35.5. The molecule has 0 spiro atoms. The minimum atomic E-state index is 0.514. The molecule has 0 unspecified atom stereocenters. The van der Waals surface area contributed by atoms with Crippen molar-refractivity contribution in [1.82, 2.24) is 4.37 Å². The van der Waals surface area contributed by atoms with E-state index in [1.165, 1.54) is 11.5 Å². The molecule has 0 N–H and O–H groups in total. The summed E-state index contributed by atoms with van der Waals surface area (Å²) in [6, 6.07) is 0. The summed E-state index contributed by atoms with van der Waals surface area (Å²) in [6.45, 7) is 1.84. The van der Waals surface area contributed by atoms with Crippen molar-refractivity contribution in [3.8, 4) is 0 Å². The smallest absolute Gasteiger partial charge is 0.147 e. The van der Waals surface area contributed by atoms with Crippen molar-refractivity contribution >= 4 is 34.7 Å². The van der Waals surface area contributed by atoms with Crippen LogP contribution in [0.3, 0.4) is 0 Å². The summed E-state index contributed by atoms with van der Waals surface area (Å²) in [5, 5.41) is 0.514. The van der Waals surface area contributed by atoms with Crippen molar-refractivity contribution in [2.75, 3.05) is 0 Å². The molecule has 0 saturated heterocycles. The van der Waals surface area contributed by atoms with Crippen LogP contribution in [0.1, 0.15) is 5.56 Å². The predicted molar refractivity (Wildman–Crippen MR) is 36.9 cm³/mol. The van der Waals surface area contributed by atoms with E-state index in [4.69, 9.17) is 23.2 Å². The zero-order valence-corrected chi connectivity index (χ0v) is 6.44. The Kier molecular flexibility index (Phi) is 1.75. The molecule has 0 fully saturated rings. The summed E-state index contributed by atoms with van der Waals surface area (Å²) in [5.74, 6) is 0. The molecule has 1 aromatic rings. The maximum absolute atomic E-state index is 5.60. The van der Waals surface area contributed by atoms with Crippen molar-refractivity contribution < 1.29 is 0 Å². The Balaban J connectivity index is 3.19. The van der Waals surface area contributed by atoms with Crippen LogP contribution < -0.4 is 0 Å². The van der Waals surface area contributed by atoms with Crippen molar-refractivity contribution in [3.05, 3.63) is 15.1 Å². The SMILES string of the molecule is Cc1c(Cl)nsc1Cl. The molecule has 1 aromatic heterocycles. The lowest BCUT2D eigenvalue weighted by Crippen LogP contribution is -1.63. The third-order valence-electron chi connectivity index (χ3n) is 0.810. The lowest BCUT2D eigenvalue weighted by atomic mass is 10.4. The first-order chi connectivity index (χ1) is 3.72. The van der Waals surface area contributed by atoms with Crippen LogP contribution in [0.4, 0.5) is 0 Å². The summed E-state index contributed by atoms with van der Waals surface area (Å²) >= 11 is 12.4. The maximum Gasteiger partial charge on any atom is 0.147 e. The molecule has 0 amide bonds. The fourth-order valence-corrected chi connectivity index (χ4v) is 1.32. The Morgan fingerprint density at radius 3 is 2.25 bits per heavy atom. The van der Waals surface area contributed by atoms with E-state index in [1.807, 2.05) is 6.92 Å². The molecule has 0 saturated carbocycles. The van der Waals surface area contributed by atoms with Crippen LogP contribution in [0.25, 0.3) is 0 Å². The van der Waals surface area contributed by atoms with E-state index < -0.39 is 0 Å². The summed E-state index contributed by atoms with van der Waals surface area (Å²) in [5.41, 5.74) is 0.873. The minimum Gasteiger partial charge on any atom is -0.179 e. The Hall–Kier alpha value is 0.210. The van der Waals surface area contributed by atoms with Crippen molar-refractivity contribution in [1.29, 1.82) is 0 Å². The highest BCUT2D eigenvalue weighted by Gasteiger charge is 2.02. The molecule has 1 heterocycles. The molecule has 0 aliphatic rings. The van der Waals surface area contributed by atoms with Gasteiger partial charge >= 0.3 is 0 Å². The molecule has 0 atom stereocenters. The number of rotatable bonds is 0. The third kappa shape index (κ3) is 0.966. The maximum atomic E-state index is 5.60. The summed E-state index contributed by atoms with van der Waals surface area (Å²) in [7, 11) is 0. The molecule has 0 aliphatic heterocycles. The molecule has 8 heavy (non-hydrogen) atoms. The van der Waals surface area contributed by atoms with Gasteiger partial charge in [-0.15, -0.1) is 0 Å². The lowest BCUT2D eigenvalue weighted by Gasteiger charge is -1.79. The van der Waals surface area contributed by atoms with Crippen LogP contribution in [0.5, 0.6) is 0 Å². The molecule has 4 heteroatoms. The first-order valence-corrected chi connectivity index (χ1v) is 3.52. The van der Waals surface area contributed by atoms with Crippen molar-refractivity contribution in [2.45, 2.75) is 6.92 Å². The summed E-state index contributed by atoms with van der Waals surface area (Å²) < 4.78 is 4.47. The standard InChI is InChI=1S/C4H3Cl2NS/c1-2-3(5)7-8-4(2)6/h1H3. The number of aromatic nitrogens is 1. The van der Waals surface area contributed by atoms with Gasteiger partial charge in [0.1, 0.15) is 9.49 Å². The van der Waals surface area contributed by atoms with Gasteiger partial charge in [-0.1, -0.05) is 23.2 Å². The van der Waals surface area contributed by atoms with Crippen molar-refractivity contribution in [3.63, 3.8) is 0 Å². The van der Waals surface area contributed by atoms with E-state index in [-0.39, 0.29) is 0 Å². The predicted octanol–water partition coefficient (Wildman–Crippen LogP) is 2.76. The Morgan fingerprint density at radius 1 is 1.50 bits per heavy atom. The molecule has 0 radical (unpaired) electrons. The fourth-order valence-electron chi connectivity index (χ4n) is 0.298. The first-order valence-electron chi connectivity index (χ1n) is 1.99. The lowest BCUT2D eigenvalue weighted by molar-refractivity contribution is 1.45. The van der Waals surface area contributed by atoms with Gasteiger partial charge in [0.15, 0.2) is 0 Å². The van der Waals surface area contributed by atoms with Crippen LogP contribution in [0, 0.1) is 6.92 Å². The molecule has 0 aromatic carbocycles. The second kappa shape index (κ2) is 2.21. The number of hydrogen-bond donors (Lipinski definition) is 0. The second-order valence-corrected chi connectivity index (χ2v) is 3.11. The fraction of sp³-hybridized carbons (Fsp3) is 0.250. The van der Waals surface area contributed by atoms with Gasteiger partial charge in [0.25, 0.3) is 0 Å². The van der Waals surface area contributed by atoms with E-state index in [1.54, 1.807) is 0 Å². The molecular formula is C4H3Cl2NS. The van der Waals surface area contributed by atoms with Crippen LogP contribution in [0.2, 0.25) is 9.49 Å². The summed E-state index contributed by atoms with van der Waals surface area (Å²) in [6.07, 6.45) is 0. The van der Waals surface area contributed by atoms with Gasteiger partial charge in [-0.25, -0.2) is 0 Å². The quantitative estimate of drug-likeness (QED) is 0.580. The summed E-state index contributed by atoms with van der Waals surface area (Å²) in [4.78, 5) is 0. The van der Waals surface area contributed by atoms with Crippen LogP contribution in [-0.4, -0.2) is 4.37 Å². The number of halogens is 2. The number of hydrogen-bond acceptors (Lipinski definition) is 2. The van der Waals surface area contributed by atoms with Gasteiger partial charge in [-0.2, -0.15) is 4.37 Å². The monoisotopic (exact) mass is 167 g/mol. The topological polar surface area (TPSA) is 12.9 Å². The molecule has 0 bridgehead atoms. The molecule has 44 valence electrons. The number of nitrogens with zero attached hydrogens (tertiary/aromatic N) is 1.